The Morgan fingerprint density at radius 3 is 2.53 bits per heavy atom. The highest BCUT2D eigenvalue weighted by Gasteiger charge is 2.17. The van der Waals surface area contributed by atoms with Gasteiger partial charge in [-0.3, -0.25) is 0 Å². The third-order valence-corrected chi connectivity index (χ3v) is 3.98. The van der Waals surface area contributed by atoms with Crippen LogP contribution in [0.2, 0.25) is 5.02 Å². The molecule has 0 bridgehead atoms. The fourth-order valence-corrected chi connectivity index (χ4v) is 2.74. The van der Waals surface area contributed by atoms with Gasteiger partial charge in [0.1, 0.15) is 11.9 Å². The lowest BCUT2D eigenvalue weighted by Crippen LogP contribution is -2.35. The first-order valence-electron chi connectivity index (χ1n) is 6.75. The van der Waals surface area contributed by atoms with Crippen molar-refractivity contribution in [1.29, 1.82) is 0 Å². The van der Waals surface area contributed by atoms with E-state index < -0.39 is 0 Å². The number of hydrogen-bond donors (Lipinski definition) is 0. The molecule has 1 saturated heterocycles. The molecule has 0 unspecified atom stereocenters. The highest BCUT2D eigenvalue weighted by atomic mass is 35.5. The quantitative estimate of drug-likeness (QED) is 0.822. The van der Waals surface area contributed by atoms with Gasteiger partial charge in [0, 0.05) is 18.1 Å². The standard InChI is InChI=1S/C16H18ClNO/c1-18-8-6-15(7-9-18)19-16-5-3-12-10-14(17)4-2-13(12)11-16/h2-5,10-11,15H,6-9H2,1H3. The first-order valence-corrected chi connectivity index (χ1v) is 7.13. The second kappa shape index (κ2) is 5.40. The summed E-state index contributed by atoms with van der Waals surface area (Å²) in [5.41, 5.74) is 0. The molecule has 0 aromatic heterocycles. The first-order chi connectivity index (χ1) is 9.20. The summed E-state index contributed by atoms with van der Waals surface area (Å²) in [7, 11) is 2.16. The lowest BCUT2D eigenvalue weighted by molar-refractivity contribution is 0.114. The predicted molar refractivity (Wildman–Crippen MR) is 80.1 cm³/mol. The Labute approximate surface area is 118 Å². The van der Waals surface area contributed by atoms with Gasteiger partial charge in [-0.15, -0.1) is 0 Å². The summed E-state index contributed by atoms with van der Waals surface area (Å²) >= 11 is 5.99. The van der Waals surface area contributed by atoms with Crippen LogP contribution < -0.4 is 4.74 Å². The largest absolute Gasteiger partial charge is 0.490 e. The van der Waals surface area contributed by atoms with E-state index in [-0.39, 0.29) is 0 Å². The van der Waals surface area contributed by atoms with Crippen LogP contribution in [0.4, 0.5) is 0 Å². The van der Waals surface area contributed by atoms with E-state index in [9.17, 15) is 0 Å². The van der Waals surface area contributed by atoms with Crippen LogP contribution in [0, 0.1) is 0 Å². The third kappa shape index (κ3) is 3.02. The summed E-state index contributed by atoms with van der Waals surface area (Å²) in [5, 5.41) is 3.11. The highest BCUT2D eigenvalue weighted by Crippen LogP contribution is 2.25. The normalized spacial score (nSPS) is 17.8. The number of halogens is 1. The van der Waals surface area contributed by atoms with Crippen molar-refractivity contribution in [2.45, 2.75) is 18.9 Å². The average Bonchev–Trinajstić information content (AvgIpc) is 2.42. The monoisotopic (exact) mass is 275 g/mol. The van der Waals surface area contributed by atoms with Crippen LogP contribution in [0.5, 0.6) is 5.75 Å². The minimum absolute atomic E-state index is 0.348. The molecule has 2 aromatic rings. The van der Waals surface area contributed by atoms with E-state index in [1.807, 2.05) is 24.3 Å². The minimum Gasteiger partial charge on any atom is -0.490 e. The van der Waals surface area contributed by atoms with E-state index in [4.69, 9.17) is 16.3 Å². The Kier molecular flexibility index (Phi) is 3.63. The number of hydrogen-bond acceptors (Lipinski definition) is 2. The zero-order valence-electron chi connectivity index (χ0n) is 11.1. The van der Waals surface area contributed by atoms with Crippen LogP contribution in [-0.4, -0.2) is 31.1 Å². The van der Waals surface area contributed by atoms with Gasteiger partial charge in [0.2, 0.25) is 0 Å². The van der Waals surface area contributed by atoms with Crippen molar-refractivity contribution < 1.29 is 4.74 Å². The first kappa shape index (κ1) is 12.8. The molecule has 0 spiro atoms. The van der Waals surface area contributed by atoms with Crippen LogP contribution in [0.3, 0.4) is 0 Å². The molecule has 0 atom stereocenters. The third-order valence-electron chi connectivity index (χ3n) is 3.74. The van der Waals surface area contributed by atoms with Crippen LogP contribution >= 0.6 is 11.6 Å². The number of likely N-dealkylation sites (tertiary alicyclic amines) is 1. The van der Waals surface area contributed by atoms with E-state index in [1.54, 1.807) is 0 Å². The minimum atomic E-state index is 0.348. The van der Waals surface area contributed by atoms with Crippen molar-refractivity contribution in [2.24, 2.45) is 0 Å². The molecule has 3 heteroatoms. The van der Waals surface area contributed by atoms with E-state index in [2.05, 4.69) is 24.1 Å². The zero-order chi connectivity index (χ0) is 13.2. The van der Waals surface area contributed by atoms with Crippen molar-refractivity contribution in [3.63, 3.8) is 0 Å². The highest BCUT2D eigenvalue weighted by molar-refractivity contribution is 6.31. The van der Waals surface area contributed by atoms with Crippen LogP contribution in [0.1, 0.15) is 12.8 Å². The van der Waals surface area contributed by atoms with Gasteiger partial charge in [-0.2, -0.15) is 0 Å². The summed E-state index contributed by atoms with van der Waals surface area (Å²) in [6.45, 7) is 2.24. The van der Waals surface area contributed by atoms with E-state index in [0.29, 0.717) is 6.10 Å². The number of nitrogens with zero attached hydrogens (tertiary/aromatic N) is 1. The summed E-state index contributed by atoms with van der Waals surface area (Å²) in [5.74, 6) is 0.962. The molecule has 2 nitrogen and oxygen atoms in total. The van der Waals surface area contributed by atoms with E-state index in [1.165, 1.54) is 5.39 Å². The number of rotatable bonds is 2. The Morgan fingerprint density at radius 1 is 1.05 bits per heavy atom. The number of fused-ring (bicyclic) bond motifs is 1. The second-order valence-electron chi connectivity index (χ2n) is 5.27. The number of ether oxygens (including phenoxy) is 1. The van der Waals surface area contributed by atoms with Gasteiger partial charge < -0.3 is 9.64 Å². The van der Waals surface area contributed by atoms with Gasteiger partial charge in [-0.1, -0.05) is 23.7 Å². The Balaban J connectivity index is 1.76. The van der Waals surface area contributed by atoms with Crippen molar-refractivity contribution in [3.05, 3.63) is 41.4 Å². The molecule has 0 radical (unpaired) electrons. The molecule has 1 aliphatic rings. The molecule has 2 aromatic carbocycles. The summed E-state index contributed by atoms with van der Waals surface area (Å²) in [6.07, 6.45) is 2.56. The second-order valence-corrected chi connectivity index (χ2v) is 5.71. The van der Waals surface area contributed by atoms with Gasteiger partial charge in [0.25, 0.3) is 0 Å². The van der Waals surface area contributed by atoms with Gasteiger partial charge in [0.05, 0.1) is 0 Å². The molecular formula is C16H18ClNO. The molecule has 0 saturated carbocycles. The molecule has 0 amide bonds. The lowest BCUT2D eigenvalue weighted by atomic mass is 10.1. The van der Waals surface area contributed by atoms with Gasteiger partial charge in [-0.05, 0) is 54.9 Å². The molecule has 1 heterocycles. The van der Waals surface area contributed by atoms with Gasteiger partial charge in [0.15, 0.2) is 0 Å². The zero-order valence-corrected chi connectivity index (χ0v) is 11.9. The molecule has 0 N–H and O–H groups in total. The molecular weight excluding hydrogens is 258 g/mol. The fourth-order valence-electron chi connectivity index (χ4n) is 2.56. The Morgan fingerprint density at radius 2 is 1.74 bits per heavy atom. The fraction of sp³-hybridized carbons (Fsp3) is 0.375. The van der Waals surface area contributed by atoms with Crippen LogP contribution in [0.25, 0.3) is 10.8 Å². The van der Waals surface area contributed by atoms with Crippen molar-refractivity contribution in [2.75, 3.05) is 20.1 Å². The van der Waals surface area contributed by atoms with Crippen molar-refractivity contribution >= 4 is 22.4 Å². The van der Waals surface area contributed by atoms with Crippen molar-refractivity contribution in [3.8, 4) is 5.75 Å². The molecule has 0 aliphatic carbocycles. The maximum absolute atomic E-state index is 6.08. The van der Waals surface area contributed by atoms with E-state index >= 15 is 0 Å². The molecule has 100 valence electrons. The Hall–Kier alpha value is -1.25. The number of piperidine rings is 1. The predicted octanol–water partition coefficient (Wildman–Crippen LogP) is 3.97. The molecule has 1 aliphatic heterocycles. The summed E-state index contributed by atoms with van der Waals surface area (Å²) in [6, 6.07) is 12.2. The maximum Gasteiger partial charge on any atom is 0.120 e. The maximum atomic E-state index is 6.08. The summed E-state index contributed by atoms with van der Waals surface area (Å²) < 4.78 is 6.08. The van der Waals surface area contributed by atoms with Gasteiger partial charge in [-0.25, -0.2) is 0 Å². The molecule has 1 fully saturated rings. The Bertz CT molecular complexity index is 576. The van der Waals surface area contributed by atoms with Gasteiger partial charge >= 0.3 is 0 Å². The molecule has 19 heavy (non-hydrogen) atoms. The SMILES string of the molecule is CN1CCC(Oc2ccc3cc(Cl)ccc3c2)CC1. The summed E-state index contributed by atoms with van der Waals surface area (Å²) in [4.78, 5) is 2.35. The van der Waals surface area contributed by atoms with Crippen molar-refractivity contribution in [1.82, 2.24) is 4.90 Å². The van der Waals surface area contributed by atoms with Crippen LogP contribution in [-0.2, 0) is 0 Å². The average molecular weight is 276 g/mol. The molecule has 3 rings (SSSR count). The lowest BCUT2D eigenvalue weighted by Gasteiger charge is -2.29. The number of benzene rings is 2. The smallest absolute Gasteiger partial charge is 0.120 e. The van der Waals surface area contributed by atoms with Crippen LogP contribution in [0.15, 0.2) is 36.4 Å². The van der Waals surface area contributed by atoms with E-state index in [0.717, 1.165) is 42.1 Å². The topological polar surface area (TPSA) is 12.5 Å².